The predicted molar refractivity (Wildman–Crippen MR) is 128 cm³/mol. The van der Waals surface area contributed by atoms with Crippen molar-refractivity contribution in [1.29, 1.82) is 0 Å². The summed E-state index contributed by atoms with van der Waals surface area (Å²) in [5.74, 6) is 2.20. The van der Waals surface area contributed by atoms with Gasteiger partial charge in [-0.2, -0.15) is 0 Å². The first kappa shape index (κ1) is 21.2. The molecule has 0 spiro atoms. The molecule has 3 aromatic rings. The summed E-state index contributed by atoms with van der Waals surface area (Å²) in [6.07, 6.45) is 0. The third-order valence-electron chi connectivity index (χ3n) is 6.35. The number of methoxy groups -OCH3 is 1. The summed E-state index contributed by atoms with van der Waals surface area (Å²) in [7, 11) is 0.602. The fraction of sp³-hybridized carbons (Fsp3) is 0.375. The van der Waals surface area contributed by atoms with Crippen molar-refractivity contribution in [1.82, 2.24) is 4.98 Å². The van der Waals surface area contributed by atoms with E-state index in [0.29, 0.717) is 38.6 Å². The summed E-state index contributed by atoms with van der Waals surface area (Å²) >= 11 is 0. The minimum Gasteiger partial charge on any atom is -0.497 e. The van der Waals surface area contributed by atoms with Gasteiger partial charge in [-0.3, -0.25) is 4.21 Å². The number of pyridine rings is 1. The molecule has 168 valence electrons. The highest BCUT2D eigenvalue weighted by molar-refractivity contribution is 7.85. The number of aromatic nitrogens is 1. The maximum Gasteiger partial charge on any atom is 0.131 e. The van der Waals surface area contributed by atoms with Gasteiger partial charge in [0, 0.05) is 59.4 Å². The van der Waals surface area contributed by atoms with E-state index in [1.165, 1.54) is 0 Å². The Hall–Kier alpha value is -2.68. The first-order chi connectivity index (χ1) is 15.6. The Kier molecular flexibility index (Phi) is 5.75. The molecule has 0 radical (unpaired) electrons. The zero-order chi connectivity index (χ0) is 22.1. The van der Waals surface area contributed by atoms with E-state index in [1.54, 1.807) is 7.11 Å². The molecule has 0 amide bonds. The largest absolute Gasteiger partial charge is 0.497 e. The molecular formula is C24H28N4O3S. The minimum atomic E-state index is -1.05. The number of para-hydroxylation sites is 1. The fourth-order valence-corrected chi connectivity index (χ4v) is 5.49. The molecule has 0 saturated carbocycles. The van der Waals surface area contributed by atoms with Crippen LogP contribution in [-0.4, -0.2) is 54.9 Å². The van der Waals surface area contributed by atoms with Crippen molar-refractivity contribution in [3.63, 3.8) is 0 Å². The molecule has 5 rings (SSSR count). The highest BCUT2D eigenvalue weighted by atomic mass is 32.2. The van der Waals surface area contributed by atoms with E-state index in [1.807, 2.05) is 36.4 Å². The SMILES string of the molecule is COc1ccc2c(c1)CN(c1cc(NCC3(CN)COC3)c3ccccc3n1)CCS2=O. The molecule has 1 aromatic heterocycles. The standard InChI is InChI=1S/C24H28N4O3S/c1-30-18-6-7-22-17(10-18)12-28(8-9-32(22)29)23-11-21(19-4-2-3-5-20(19)27-23)26-14-24(13-25)15-31-16-24/h2-7,10-11H,8-9,12-16,25H2,1H3,(H,26,27). The second kappa shape index (κ2) is 8.69. The molecule has 1 unspecified atom stereocenters. The van der Waals surface area contributed by atoms with Crippen LogP contribution in [0.3, 0.4) is 0 Å². The third-order valence-corrected chi connectivity index (χ3v) is 7.79. The van der Waals surface area contributed by atoms with E-state index in [4.69, 9.17) is 20.2 Å². The van der Waals surface area contributed by atoms with Gasteiger partial charge in [-0.05, 0) is 29.8 Å². The number of nitrogens with two attached hydrogens (primary N) is 1. The summed E-state index contributed by atoms with van der Waals surface area (Å²) in [6.45, 7) is 4.00. The second-order valence-electron chi connectivity index (χ2n) is 8.54. The molecular weight excluding hydrogens is 424 g/mol. The molecule has 2 aliphatic heterocycles. The summed E-state index contributed by atoms with van der Waals surface area (Å²) in [5.41, 5.74) is 8.97. The smallest absolute Gasteiger partial charge is 0.131 e. The molecule has 1 saturated heterocycles. The minimum absolute atomic E-state index is 0.0144. The maximum absolute atomic E-state index is 12.8. The number of fused-ring (bicyclic) bond motifs is 2. The number of rotatable bonds is 6. The lowest BCUT2D eigenvalue weighted by Crippen LogP contribution is -2.52. The van der Waals surface area contributed by atoms with Crippen molar-refractivity contribution < 1.29 is 13.7 Å². The van der Waals surface area contributed by atoms with Crippen LogP contribution in [0.1, 0.15) is 5.56 Å². The monoisotopic (exact) mass is 452 g/mol. The molecule has 3 heterocycles. The van der Waals surface area contributed by atoms with Crippen LogP contribution in [-0.2, 0) is 22.1 Å². The number of hydrogen-bond donors (Lipinski definition) is 2. The van der Waals surface area contributed by atoms with Gasteiger partial charge in [0.1, 0.15) is 11.6 Å². The van der Waals surface area contributed by atoms with Crippen molar-refractivity contribution >= 4 is 33.2 Å². The number of benzene rings is 2. The molecule has 0 bridgehead atoms. The van der Waals surface area contributed by atoms with Crippen LogP contribution in [0.15, 0.2) is 53.4 Å². The van der Waals surface area contributed by atoms with Crippen molar-refractivity contribution in [3.05, 3.63) is 54.1 Å². The quantitative estimate of drug-likeness (QED) is 0.594. The van der Waals surface area contributed by atoms with Gasteiger partial charge in [0.2, 0.25) is 0 Å². The van der Waals surface area contributed by atoms with Crippen LogP contribution >= 0.6 is 0 Å². The first-order valence-corrected chi connectivity index (χ1v) is 12.1. The molecule has 3 N–H and O–H groups in total. The van der Waals surface area contributed by atoms with Crippen molar-refractivity contribution in [3.8, 4) is 5.75 Å². The van der Waals surface area contributed by atoms with Gasteiger partial charge in [-0.15, -0.1) is 0 Å². The molecule has 1 atom stereocenters. The maximum atomic E-state index is 12.8. The van der Waals surface area contributed by atoms with Crippen LogP contribution in [0.25, 0.3) is 10.9 Å². The molecule has 2 aliphatic rings. The average molecular weight is 453 g/mol. The van der Waals surface area contributed by atoms with Crippen molar-refractivity contribution in [2.45, 2.75) is 11.4 Å². The Labute approximate surface area is 190 Å². The van der Waals surface area contributed by atoms with E-state index in [0.717, 1.165) is 45.2 Å². The second-order valence-corrected chi connectivity index (χ2v) is 10.1. The van der Waals surface area contributed by atoms with Gasteiger partial charge in [0.25, 0.3) is 0 Å². The van der Waals surface area contributed by atoms with Crippen LogP contribution in [0.5, 0.6) is 5.75 Å². The molecule has 8 heteroatoms. The highest BCUT2D eigenvalue weighted by Crippen LogP contribution is 2.33. The zero-order valence-corrected chi connectivity index (χ0v) is 19.0. The van der Waals surface area contributed by atoms with Gasteiger partial charge in [0.15, 0.2) is 0 Å². The van der Waals surface area contributed by atoms with Crippen LogP contribution in [0.4, 0.5) is 11.5 Å². The Morgan fingerprint density at radius 1 is 1.25 bits per heavy atom. The lowest BCUT2D eigenvalue weighted by Gasteiger charge is -2.40. The Bertz CT molecular complexity index is 1160. The third kappa shape index (κ3) is 3.94. The molecule has 2 aromatic carbocycles. The number of hydrogen-bond acceptors (Lipinski definition) is 7. The fourth-order valence-electron chi connectivity index (χ4n) is 4.25. The molecule has 1 fully saturated rings. The van der Waals surface area contributed by atoms with Gasteiger partial charge in [-0.25, -0.2) is 4.98 Å². The Balaban J connectivity index is 1.50. The lowest BCUT2D eigenvalue weighted by atomic mass is 9.86. The van der Waals surface area contributed by atoms with Crippen molar-refractivity contribution in [2.24, 2.45) is 11.1 Å². The van der Waals surface area contributed by atoms with Crippen molar-refractivity contribution in [2.75, 3.05) is 55.9 Å². The topological polar surface area (TPSA) is 89.7 Å². The number of anilines is 2. The summed E-state index contributed by atoms with van der Waals surface area (Å²) in [5, 5.41) is 4.69. The van der Waals surface area contributed by atoms with E-state index in [9.17, 15) is 4.21 Å². The van der Waals surface area contributed by atoms with Crippen LogP contribution < -0.4 is 20.7 Å². The first-order valence-electron chi connectivity index (χ1n) is 10.8. The average Bonchev–Trinajstić information content (AvgIpc) is 2.96. The van der Waals surface area contributed by atoms with Gasteiger partial charge >= 0.3 is 0 Å². The van der Waals surface area contributed by atoms with E-state index in [2.05, 4.69) is 22.3 Å². The molecule has 32 heavy (non-hydrogen) atoms. The number of ether oxygens (including phenoxy) is 2. The van der Waals surface area contributed by atoms with E-state index < -0.39 is 10.8 Å². The van der Waals surface area contributed by atoms with E-state index >= 15 is 0 Å². The van der Waals surface area contributed by atoms with Gasteiger partial charge < -0.3 is 25.4 Å². The van der Waals surface area contributed by atoms with Gasteiger partial charge in [-0.1, -0.05) is 18.2 Å². The number of nitrogens with one attached hydrogen (secondary N) is 1. The Morgan fingerprint density at radius 2 is 2.09 bits per heavy atom. The summed E-state index contributed by atoms with van der Waals surface area (Å²) < 4.78 is 23.7. The van der Waals surface area contributed by atoms with E-state index in [-0.39, 0.29) is 5.41 Å². The highest BCUT2D eigenvalue weighted by Gasteiger charge is 2.37. The van der Waals surface area contributed by atoms with Gasteiger partial charge in [0.05, 0.1) is 36.6 Å². The summed E-state index contributed by atoms with van der Waals surface area (Å²) in [6, 6.07) is 16.0. The molecule has 0 aliphatic carbocycles. The summed E-state index contributed by atoms with van der Waals surface area (Å²) in [4.78, 5) is 8.02. The predicted octanol–water partition coefficient (Wildman–Crippen LogP) is 2.76. The Morgan fingerprint density at radius 3 is 2.84 bits per heavy atom. The normalized spacial score (nSPS) is 19.7. The van der Waals surface area contributed by atoms with Crippen LogP contribution in [0.2, 0.25) is 0 Å². The zero-order valence-electron chi connectivity index (χ0n) is 18.2. The van der Waals surface area contributed by atoms with Crippen LogP contribution in [0, 0.1) is 5.41 Å². The lowest BCUT2D eigenvalue weighted by molar-refractivity contribution is -0.0979. The molecule has 7 nitrogen and oxygen atoms in total. The number of nitrogens with zero attached hydrogens (tertiary/aromatic N) is 2.